The highest BCUT2D eigenvalue weighted by molar-refractivity contribution is 6.12. The van der Waals surface area contributed by atoms with Crippen LogP contribution < -0.4 is 5.32 Å². The summed E-state index contributed by atoms with van der Waals surface area (Å²) in [5.41, 5.74) is 0.332. The number of hydrogen-bond donors (Lipinski definition) is 1. The highest BCUT2D eigenvalue weighted by Crippen LogP contribution is 2.22. The Morgan fingerprint density at radius 1 is 1.00 bits per heavy atom. The summed E-state index contributed by atoms with van der Waals surface area (Å²) in [6, 6.07) is 9.50. The van der Waals surface area contributed by atoms with E-state index in [4.69, 9.17) is 0 Å². The summed E-state index contributed by atoms with van der Waals surface area (Å²) in [5.74, 6) is -0.712. The Kier molecular flexibility index (Phi) is 5.50. The lowest BCUT2D eigenvalue weighted by Gasteiger charge is -2.19. The van der Waals surface area contributed by atoms with E-state index in [0.717, 1.165) is 38.8 Å². The fourth-order valence-electron chi connectivity index (χ4n) is 3.62. The lowest BCUT2D eigenvalue weighted by Crippen LogP contribution is -2.34. The zero-order valence-electron chi connectivity index (χ0n) is 16.0. The van der Waals surface area contributed by atoms with Gasteiger partial charge in [-0.3, -0.25) is 14.9 Å². The smallest absolute Gasteiger partial charge is 0.258 e. The van der Waals surface area contributed by atoms with Crippen LogP contribution >= 0.6 is 0 Å². The minimum Gasteiger partial charge on any atom is -0.341 e. The minimum atomic E-state index is -0.433. The van der Waals surface area contributed by atoms with Crippen molar-refractivity contribution in [1.82, 2.24) is 19.7 Å². The first-order valence-corrected chi connectivity index (χ1v) is 9.77. The Balaban J connectivity index is 1.45. The molecule has 0 bridgehead atoms. The van der Waals surface area contributed by atoms with E-state index >= 15 is 0 Å². The Morgan fingerprint density at radius 3 is 2.48 bits per heavy atom. The lowest BCUT2D eigenvalue weighted by molar-refractivity contribution is -0.132. The van der Waals surface area contributed by atoms with Gasteiger partial charge in [0.2, 0.25) is 11.9 Å². The Hall–Kier alpha value is -3.29. The molecule has 0 spiro atoms. The van der Waals surface area contributed by atoms with Crippen molar-refractivity contribution in [1.29, 1.82) is 0 Å². The van der Waals surface area contributed by atoms with Crippen LogP contribution in [0, 0.1) is 5.82 Å². The van der Waals surface area contributed by atoms with Crippen molar-refractivity contribution in [3.8, 4) is 0 Å². The van der Waals surface area contributed by atoms with E-state index in [9.17, 15) is 14.0 Å². The predicted molar refractivity (Wildman–Crippen MR) is 107 cm³/mol. The third-order valence-corrected chi connectivity index (χ3v) is 5.13. The first-order valence-electron chi connectivity index (χ1n) is 9.77. The summed E-state index contributed by atoms with van der Waals surface area (Å²) >= 11 is 0. The second-order valence-corrected chi connectivity index (χ2v) is 7.16. The maximum Gasteiger partial charge on any atom is 0.258 e. The van der Waals surface area contributed by atoms with E-state index < -0.39 is 5.91 Å². The van der Waals surface area contributed by atoms with Crippen LogP contribution in [0.1, 0.15) is 36.0 Å². The van der Waals surface area contributed by atoms with E-state index in [1.54, 1.807) is 24.3 Å². The Labute approximate surface area is 167 Å². The van der Waals surface area contributed by atoms with E-state index in [1.165, 1.54) is 23.1 Å². The molecule has 1 aliphatic heterocycles. The number of halogens is 1. The number of amides is 2. The van der Waals surface area contributed by atoms with Crippen molar-refractivity contribution in [3.63, 3.8) is 0 Å². The van der Waals surface area contributed by atoms with Gasteiger partial charge in [0.25, 0.3) is 5.91 Å². The number of rotatable bonds is 4. The monoisotopic (exact) mass is 395 g/mol. The zero-order valence-corrected chi connectivity index (χ0v) is 16.0. The number of benzene rings is 2. The quantitative estimate of drug-likeness (QED) is 0.736. The van der Waals surface area contributed by atoms with E-state index in [2.05, 4.69) is 15.4 Å². The van der Waals surface area contributed by atoms with E-state index in [1.807, 2.05) is 4.90 Å². The highest BCUT2D eigenvalue weighted by atomic mass is 19.1. The molecule has 3 aromatic rings. The normalized spacial score (nSPS) is 14.6. The average Bonchev–Trinajstić information content (AvgIpc) is 2.98. The summed E-state index contributed by atoms with van der Waals surface area (Å²) in [4.78, 5) is 31.1. The van der Waals surface area contributed by atoms with E-state index in [0.29, 0.717) is 16.3 Å². The number of carbonyl (C=O) groups is 2. The van der Waals surface area contributed by atoms with Crippen LogP contribution in [0.15, 0.2) is 42.7 Å². The molecule has 1 aromatic heterocycles. The number of anilines is 1. The molecule has 2 heterocycles. The van der Waals surface area contributed by atoms with Gasteiger partial charge < -0.3 is 4.90 Å². The van der Waals surface area contributed by atoms with Crippen LogP contribution in [-0.2, 0) is 11.3 Å². The van der Waals surface area contributed by atoms with Gasteiger partial charge in [-0.25, -0.2) is 14.1 Å². The number of hydrogen-bond acceptors (Lipinski definition) is 4. The molecule has 1 fully saturated rings. The number of aromatic nitrogens is 3. The molecule has 8 heteroatoms. The molecule has 150 valence electrons. The molecule has 2 aromatic carbocycles. The van der Waals surface area contributed by atoms with E-state index in [-0.39, 0.29) is 24.2 Å². The molecule has 0 saturated carbocycles. The van der Waals surface area contributed by atoms with Crippen molar-refractivity contribution < 1.29 is 14.0 Å². The summed E-state index contributed by atoms with van der Waals surface area (Å²) < 4.78 is 15.4. The van der Waals surface area contributed by atoms with Gasteiger partial charge in [-0.05, 0) is 30.4 Å². The van der Waals surface area contributed by atoms with Crippen molar-refractivity contribution in [3.05, 3.63) is 54.1 Å². The van der Waals surface area contributed by atoms with Gasteiger partial charge in [0.1, 0.15) is 18.7 Å². The highest BCUT2D eigenvalue weighted by Gasteiger charge is 2.18. The average molecular weight is 395 g/mol. The molecule has 1 aliphatic rings. The largest absolute Gasteiger partial charge is 0.341 e. The van der Waals surface area contributed by atoms with Crippen molar-refractivity contribution in [2.75, 3.05) is 18.4 Å². The maximum absolute atomic E-state index is 14.0. The van der Waals surface area contributed by atoms with Gasteiger partial charge in [0.05, 0.1) is 0 Å². The van der Waals surface area contributed by atoms with Crippen LogP contribution in [0.2, 0.25) is 0 Å². The van der Waals surface area contributed by atoms with Gasteiger partial charge >= 0.3 is 0 Å². The molecule has 0 atom stereocenters. The molecular formula is C21H22FN5O2. The standard InChI is InChI=1S/C21H22FN5O2/c22-18-10-9-17(15-7-3-4-8-16(15)18)20(29)24-21-23-14-27(25-21)13-19(28)26-11-5-1-2-6-12-26/h3-4,7-10,14H,1-2,5-6,11-13H2,(H,24,25,29). The van der Waals surface area contributed by atoms with Gasteiger partial charge in [-0.2, -0.15) is 0 Å². The minimum absolute atomic E-state index is 0.000736. The molecule has 4 rings (SSSR count). The van der Waals surface area contributed by atoms with Crippen LogP contribution in [0.25, 0.3) is 10.8 Å². The van der Waals surface area contributed by atoms with Crippen LogP contribution in [-0.4, -0.2) is 44.6 Å². The van der Waals surface area contributed by atoms with Crippen molar-refractivity contribution in [2.24, 2.45) is 0 Å². The summed E-state index contributed by atoms with van der Waals surface area (Å²) in [6.45, 7) is 1.63. The molecule has 29 heavy (non-hydrogen) atoms. The Morgan fingerprint density at radius 2 is 1.72 bits per heavy atom. The SMILES string of the molecule is O=C(Nc1ncn(CC(=O)N2CCCCCC2)n1)c1ccc(F)c2ccccc12. The molecule has 0 unspecified atom stereocenters. The third-order valence-electron chi connectivity index (χ3n) is 5.13. The molecule has 1 N–H and O–H groups in total. The fourth-order valence-corrected chi connectivity index (χ4v) is 3.62. The van der Waals surface area contributed by atoms with Crippen LogP contribution in [0.3, 0.4) is 0 Å². The van der Waals surface area contributed by atoms with Gasteiger partial charge in [-0.15, -0.1) is 5.10 Å². The number of nitrogens with zero attached hydrogens (tertiary/aromatic N) is 4. The molecule has 7 nitrogen and oxygen atoms in total. The van der Waals surface area contributed by atoms with Gasteiger partial charge in [0.15, 0.2) is 0 Å². The zero-order chi connectivity index (χ0) is 20.2. The van der Waals surface area contributed by atoms with Crippen molar-refractivity contribution in [2.45, 2.75) is 32.2 Å². The number of likely N-dealkylation sites (tertiary alicyclic amines) is 1. The topological polar surface area (TPSA) is 80.1 Å². The summed E-state index contributed by atoms with van der Waals surface area (Å²) in [5, 5.41) is 7.70. The number of nitrogens with one attached hydrogen (secondary N) is 1. The van der Waals surface area contributed by atoms with Crippen molar-refractivity contribution >= 4 is 28.5 Å². The third kappa shape index (κ3) is 4.26. The first kappa shape index (κ1) is 19.0. The Bertz CT molecular complexity index is 1040. The van der Waals surface area contributed by atoms with Gasteiger partial charge in [-0.1, -0.05) is 37.1 Å². The van der Waals surface area contributed by atoms with Crippen LogP contribution in [0.4, 0.5) is 10.3 Å². The second kappa shape index (κ2) is 8.38. The number of carbonyl (C=O) groups excluding carboxylic acids is 2. The molecule has 2 amide bonds. The molecule has 1 saturated heterocycles. The maximum atomic E-state index is 14.0. The predicted octanol–water partition coefficient (Wildman–Crippen LogP) is 3.23. The summed E-state index contributed by atoms with van der Waals surface area (Å²) in [7, 11) is 0. The second-order valence-electron chi connectivity index (χ2n) is 7.16. The molecular weight excluding hydrogens is 373 g/mol. The lowest BCUT2D eigenvalue weighted by atomic mass is 10.0. The van der Waals surface area contributed by atoms with Gasteiger partial charge in [0, 0.05) is 24.0 Å². The molecule has 0 aliphatic carbocycles. The summed E-state index contributed by atoms with van der Waals surface area (Å²) in [6.07, 6.45) is 5.78. The first-order chi connectivity index (χ1) is 14.1. The number of fused-ring (bicyclic) bond motifs is 1. The molecule has 0 radical (unpaired) electrons. The fraction of sp³-hybridized carbons (Fsp3) is 0.333. The van der Waals surface area contributed by atoms with Crippen LogP contribution in [0.5, 0.6) is 0 Å².